The number of hydrogen-bond donors (Lipinski definition) is 0. The van der Waals surface area contributed by atoms with Crippen molar-refractivity contribution in [2.24, 2.45) is 0 Å². The molecule has 1 nitrogen and oxygen atoms in total. The minimum atomic E-state index is 0.946. The number of hydrogen-bond acceptors (Lipinski definition) is 1. The van der Waals surface area contributed by atoms with E-state index in [0.29, 0.717) is 0 Å². The first-order chi connectivity index (χ1) is 9.74. The van der Waals surface area contributed by atoms with Gasteiger partial charge >= 0.3 is 0 Å². The smallest absolute Gasteiger partial charge is 0.137 e. The zero-order valence-corrected chi connectivity index (χ0v) is 11.7. The van der Waals surface area contributed by atoms with Gasteiger partial charge < -0.3 is 4.42 Å². The number of aryl methyl sites for hydroxylation is 1. The van der Waals surface area contributed by atoms with Crippen molar-refractivity contribution in [1.29, 1.82) is 0 Å². The molecule has 0 saturated carbocycles. The van der Waals surface area contributed by atoms with Gasteiger partial charge in [0, 0.05) is 5.56 Å². The second-order valence-electron chi connectivity index (χ2n) is 5.47. The van der Waals surface area contributed by atoms with Gasteiger partial charge in [-0.3, -0.25) is 0 Å². The third-order valence-corrected chi connectivity index (χ3v) is 4.23. The maximum atomic E-state index is 5.69. The van der Waals surface area contributed by atoms with E-state index in [1.165, 1.54) is 33.4 Å². The van der Waals surface area contributed by atoms with Crippen molar-refractivity contribution in [3.05, 3.63) is 71.0 Å². The second-order valence-corrected chi connectivity index (χ2v) is 5.47. The molecule has 0 bridgehead atoms. The largest absolute Gasteiger partial charge is 0.464 e. The molecule has 3 aromatic rings. The lowest BCUT2D eigenvalue weighted by molar-refractivity contribution is 0.579. The quantitative estimate of drug-likeness (QED) is 0.472. The first-order valence-electron chi connectivity index (χ1n) is 6.92. The SMILES string of the molecule is Cc1coc(-c2[c]c3c(cc2)-c2ccccc2C3)c1C. The molecular formula is C19H15O. The van der Waals surface area contributed by atoms with Crippen LogP contribution in [-0.4, -0.2) is 0 Å². The summed E-state index contributed by atoms with van der Waals surface area (Å²) in [5, 5.41) is 0. The molecule has 1 heteroatoms. The molecule has 97 valence electrons. The zero-order chi connectivity index (χ0) is 13.7. The van der Waals surface area contributed by atoms with Crippen LogP contribution in [-0.2, 0) is 6.42 Å². The molecule has 0 unspecified atom stereocenters. The van der Waals surface area contributed by atoms with Gasteiger partial charge in [0.1, 0.15) is 5.76 Å². The van der Waals surface area contributed by atoms with Crippen LogP contribution in [0.2, 0.25) is 0 Å². The molecule has 0 aliphatic heterocycles. The predicted molar refractivity (Wildman–Crippen MR) is 80.7 cm³/mol. The lowest BCUT2D eigenvalue weighted by Crippen LogP contribution is -1.85. The molecule has 0 fully saturated rings. The molecule has 1 radical (unpaired) electrons. The van der Waals surface area contributed by atoms with Gasteiger partial charge in [-0.05, 0) is 65.8 Å². The highest BCUT2D eigenvalue weighted by Gasteiger charge is 2.19. The Bertz CT molecular complexity index is 808. The Kier molecular flexibility index (Phi) is 2.37. The fraction of sp³-hybridized carbons (Fsp3) is 0.158. The van der Waals surface area contributed by atoms with E-state index >= 15 is 0 Å². The molecule has 20 heavy (non-hydrogen) atoms. The van der Waals surface area contributed by atoms with Gasteiger partial charge in [0.2, 0.25) is 0 Å². The standard InChI is InChI=1S/C19H15O/c1-12-11-20-19(13(12)2)15-7-8-18-16(10-15)9-14-5-3-4-6-17(14)18/h3-8,11H,9H2,1-2H3. The molecule has 4 rings (SSSR count). The minimum Gasteiger partial charge on any atom is -0.464 e. The summed E-state index contributed by atoms with van der Waals surface area (Å²) < 4.78 is 5.69. The Balaban J connectivity index is 1.85. The Morgan fingerprint density at radius 3 is 2.65 bits per heavy atom. The Morgan fingerprint density at radius 1 is 1.00 bits per heavy atom. The van der Waals surface area contributed by atoms with Gasteiger partial charge in [0.25, 0.3) is 0 Å². The van der Waals surface area contributed by atoms with Gasteiger partial charge in [0.05, 0.1) is 6.26 Å². The maximum absolute atomic E-state index is 5.69. The van der Waals surface area contributed by atoms with Gasteiger partial charge in [-0.25, -0.2) is 0 Å². The average molecular weight is 259 g/mol. The number of rotatable bonds is 1. The third kappa shape index (κ3) is 1.56. The van der Waals surface area contributed by atoms with E-state index in [2.05, 4.69) is 56.3 Å². The highest BCUT2D eigenvalue weighted by Crippen LogP contribution is 2.38. The lowest BCUT2D eigenvalue weighted by atomic mass is 10.0. The van der Waals surface area contributed by atoms with E-state index < -0.39 is 0 Å². The minimum absolute atomic E-state index is 0.946. The summed E-state index contributed by atoms with van der Waals surface area (Å²) in [5.41, 5.74) is 8.78. The molecule has 2 aromatic carbocycles. The van der Waals surface area contributed by atoms with Crippen LogP contribution in [0.25, 0.3) is 22.5 Å². The Morgan fingerprint density at radius 2 is 1.85 bits per heavy atom. The van der Waals surface area contributed by atoms with Crippen LogP contribution in [0.15, 0.2) is 47.1 Å². The predicted octanol–water partition coefficient (Wildman–Crippen LogP) is 4.93. The molecule has 1 aliphatic carbocycles. The summed E-state index contributed by atoms with van der Waals surface area (Å²) in [6.07, 6.45) is 2.79. The molecule has 0 saturated heterocycles. The molecule has 0 spiro atoms. The molecule has 0 atom stereocenters. The summed E-state index contributed by atoms with van der Waals surface area (Å²) in [6.45, 7) is 4.18. The summed E-state index contributed by atoms with van der Waals surface area (Å²) in [4.78, 5) is 0. The fourth-order valence-corrected chi connectivity index (χ4v) is 2.96. The van der Waals surface area contributed by atoms with Gasteiger partial charge in [-0.15, -0.1) is 0 Å². The van der Waals surface area contributed by atoms with Crippen LogP contribution in [0.1, 0.15) is 22.3 Å². The van der Waals surface area contributed by atoms with Crippen LogP contribution in [0.3, 0.4) is 0 Å². The van der Waals surface area contributed by atoms with Crippen LogP contribution >= 0.6 is 0 Å². The van der Waals surface area contributed by atoms with Crippen molar-refractivity contribution >= 4 is 0 Å². The van der Waals surface area contributed by atoms with E-state index in [9.17, 15) is 0 Å². The highest BCUT2D eigenvalue weighted by atomic mass is 16.3. The summed E-state index contributed by atoms with van der Waals surface area (Å²) >= 11 is 0. The van der Waals surface area contributed by atoms with Gasteiger partial charge in [0.15, 0.2) is 0 Å². The van der Waals surface area contributed by atoms with Crippen LogP contribution in [0.5, 0.6) is 0 Å². The topological polar surface area (TPSA) is 13.1 Å². The van der Waals surface area contributed by atoms with E-state index in [1.54, 1.807) is 0 Å². The fourth-order valence-electron chi connectivity index (χ4n) is 2.96. The molecule has 1 heterocycles. The number of fused-ring (bicyclic) bond motifs is 3. The lowest BCUT2D eigenvalue weighted by Gasteiger charge is -2.04. The zero-order valence-electron chi connectivity index (χ0n) is 11.7. The first-order valence-corrected chi connectivity index (χ1v) is 6.92. The Hall–Kier alpha value is -2.28. The summed E-state index contributed by atoms with van der Waals surface area (Å²) in [7, 11) is 0. The normalized spacial score (nSPS) is 12.3. The van der Waals surface area contributed by atoms with Crippen LogP contribution in [0, 0.1) is 19.9 Å². The van der Waals surface area contributed by atoms with Crippen molar-refractivity contribution in [2.75, 3.05) is 0 Å². The molecule has 1 aliphatic rings. The van der Waals surface area contributed by atoms with Crippen molar-refractivity contribution in [1.82, 2.24) is 0 Å². The van der Waals surface area contributed by atoms with E-state index in [-0.39, 0.29) is 0 Å². The van der Waals surface area contributed by atoms with Crippen molar-refractivity contribution in [3.63, 3.8) is 0 Å². The molecule has 0 amide bonds. The number of furan rings is 1. The van der Waals surface area contributed by atoms with Crippen LogP contribution in [0.4, 0.5) is 0 Å². The summed E-state index contributed by atoms with van der Waals surface area (Å²) in [6, 6.07) is 16.5. The number of benzene rings is 2. The third-order valence-electron chi connectivity index (χ3n) is 4.23. The first kappa shape index (κ1) is 11.5. The van der Waals surface area contributed by atoms with Crippen molar-refractivity contribution < 1.29 is 4.42 Å². The Labute approximate surface area is 118 Å². The molecule has 1 aromatic heterocycles. The summed E-state index contributed by atoms with van der Waals surface area (Å²) in [5.74, 6) is 0.946. The van der Waals surface area contributed by atoms with Gasteiger partial charge in [-0.1, -0.05) is 30.3 Å². The van der Waals surface area contributed by atoms with E-state index in [0.717, 1.165) is 17.7 Å². The monoisotopic (exact) mass is 259 g/mol. The second kappa shape index (κ2) is 4.11. The molecule has 0 N–H and O–H groups in total. The van der Waals surface area contributed by atoms with Gasteiger partial charge in [-0.2, -0.15) is 0 Å². The molecular weight excluding hydrogens is 244 g/mol. The van der Waals surface area contributed by atoms with E-state index in [4.69, 9.17) is 4.42 Å². The van der Waals surface area contributed by atoms with Crippen molar-refractivity contribution in [3.8, 4) is 22.5 Å². The van der Waals surface area contributed by atoms with Crippen LogP contribution < -0.4 is 0 Å². The van der Waals surface area contributed by atoms with E-state index in [1.807, 2.05) is 6.26 Å². The highest BCUT2D eigenvalue weighted by molar-refractivity contribution is 5.79. The average Bonchev–Trinajstić information content (AvgIpc) is 2.99. The van der Waals surface area contributed by atoms with Crippen molar-refractivity contribution in [2.45, 2.75) is 20.3 Å². The maximum Gasteiger partial charge on any atom is 0.137 e.